The lowest BCUT2D eigenvalue weighted by Crippen LogP contribution is -2.53. The summed E-state index contributed by atoms with van der Waals surface area (Å²) in [5.41, 5.74) is 2.36. The van der Waals surface area contributed by atoms with Gasteiger partial charge >= 0.3 is 5.97 Å². The topological polar surface area (TPSA) is 40.5 Å². The van der Waals surface area contributed by atoms with E-state index in [0.29, 0.717) is 0 Å². The number of hydrogen-bond donors (Lipinski definition) is 1. The average Bonchev–Trinajstić information content (AvgIpc) is 2.38. The Hall–Kier alpha value is -1.35. The zero-order valence-corrected chi connectivity index (χ0v) is 12.7. The molecule has 20 heavy (non-hydrogen) atoms. The molecule has 0 aliphatic carbocycles. The standard InChI is InChI=1S/C17H25NO2/c1-4-13-6-8-14(9-7-13)12-18-11-5-10-17(2,3)15(18)16(19)20/h6-9,15H,4-5,10-12H2,1-3H3,(H,19,20). The molecule has 1 aliphatic rings. The van der Waals surface area contributed by atoms with Crippen LogP contribution < -0.4 is 0 Å². The summed E-state index contributed by atoms with van der Waals surface area (Å²) in [4.78, 5) is 13.7. The summed E-state index contributed by atoms with van der Waals surface area (Å²) in [6, 6.07) is 8.14. The molecule has 1 aliphatic heterocycles. The molecule has 1 unspecified atom stereocenters. The molecular weight excluding hydrogens is 250 g/mol. The van der Waals surface area contributed by atoms with Gasteiger partial charge in [0.1, 0.15) is 6.04 Å². The van der Waals surface area contributed by atoms with Crippen molar-refractivity contribution in [2.75, 3.05) is 6.54 Å². The van der Waals surface area contributed by atoms with Crippen molar-refractivity contribution in [1.82, 2.24) is 4.90 Å². The van der Waals surface area contributed by atoms with Crippen LogP contribution >= 0.6 is 0 Å². The first kappa shape index (κ1) is 15.0. The van der Waals surface area contributed by atoms with Gasteiger partial charge in [-0.1, -0.05) is 45.0 Å². The highest BCUT2D eigenvalue weighted by molar-refractivity contribution is 5.74. The van der Waals surface area contributed by atoms with E-state index < -0.39 is 5.97 Å². The quantitative estimate of drug-likeness (QED) is 0.916. The molecule has 3 heteroatoms. The summed E-state index contributed by atoms with van der Waals surface area (Å²) in [5.74, 6) is -0.695. The Labute approximate surface area is 121 Å². The van der Waals surface area contributed by atoms with Crippen LogP contribution in [0.5, 0.6) is 0 Å². The zero-order chi connectivity index (χ0) is 14.8. The number of carboxylic acids is 1. The molecule has 1 saturated heterocycles. The highest BCUT2D eigenvalue weighted by Gasteiger charge is 2.42. The highest BCUT2D eigenvalue weighted by Crippen LogP contribution is 2.36. The number of rotatable bonds is 4. The lowest BCUT2D eigenvalue weighted by Gasteiger charge is -2.44. The molecule has 0 radical (unpaired) electrons. The Morgan fingerprint density at radius 3 is 2.45 bits per heavy atom. The number of piperidine rings is 1. The van der Waals surface area contributed by atoms with Crippen molar-refractivity contribution >= 4 is 5.97 Å². The molecule has 0 spiro atoms. The molecule has 0 saturated carbocycles. The minimum absolute atomic E-state index is 0.159. The van der Waals surface area contributed by atoms with Gasteiger partial charge in [0, 0.05) is 6.54 Å². The average molecular weight is 275 g/mol. The molecule has 0 amide bonds. The van der Waals surface area contributed by atoms with Gasteiger partial charge in [0.2, 0.25) is 0 Å². The van der Waals surface area contributed by atoms with Crippen LogP contribution in [0, 0.1) is 5.41 Å². The van der Waals surface area contributed by atoms with E-state index in [-0.39, 0.29) is 11.5 Å². The molecule has 1 aromatic carbocycles. The maximum Gasteiger partial charge on any atom is 0.321 e. The number of carbonyl (C=O) groups is 1. The zero-order valence-electron chi connectivity index (χ0n) is 12.7. The molecule has 3 nitrogen and oxygen atoms in total. The van der Waals surface area contributed by atoms with Crippen molar-refractivity contribution in [3.8, 4) is 0 Å². The minimum Gasteiger partial charge on any atom is -0.480 e. The van der Waals surface area contributed by atoms with E-state index in [2.05, 4.69) is 49.9 Å². The first-order chi connectivity index (χ1) is 9.44. The minimum atomic E-state index is -0.695. The number of nitrogens with zero attached hydrogens (tertiary/aromatic N) is 1. The van der Waals surface area contributed by atoms with E-state index in [1.165, 1.54) is 11.1 Å². The van der Waals surface area contributed by atoms with Crippen molar-refractivity contribution < 1.29 is 9.90 Å². The highest BCUT2D eigenvalue weighted by atomic mass is 16.4. The number of likely N-dealkylation sites (tertiary alicyclic amines) is 1. The van der Waals surface area contributed by atoms with E-state index in [4.69, 9.17) is 0 Å². The second-order valence-electron chi connectivity index (χ2n) is 6.47. The van der Waals surface area contributed by atoms with Crippen LogP contribution in [0.4, 0.5) is 0 Å². The lowest BCUT2D eigenvalue weighted by molar-refractivity contribution is -0.151. The molecule has 1 atom stereocenters. The maximum absolute atomic E-state index is 11.6. The SMILES string of the molecule is CCc1ccc(CN2CCCC(C)(C)C2C(=O)O)cc1. The Morgan fingerprint density at radius 1 is 1.30 bits per heavy atom. The second-order valence-corrected chi connectivity index (χ2v) is 6.47. The second kappa shape index (κ2) is 5.96. The molecule has 1 fully saturated rings. The molecule has 2 rings (SSSR count). The van der Waals surface area contributed by atoms with Gasteiger partial charge in [-0.3, -0.25) is 9.69 Å². The largest absolute Gasteiger partial charge is 0.480 e. The molecule has 0 bridgehead atoms. The number of carboxylic acid groups (broad SMARTS) is 1. The molecule has 1 aromatic rings. The van der Waals surface area contributed by atoms with Gasteiger partial charge in [-0.2, -0.15) is 0 Å². The van der Waals surface area contributed by atoms with Crippen LogP contribution in [0.2, 0.25) is 0 Å². The summed E-state index contributed by atoms with van der Waals surface area (Å²) in [6.45, 7) is 7.87. The van der Waals surface area contributed by atoms with Gasteiger partial charge in [-0.05, 0) is 42.3 Å². The van der Waals surface area contributed by atoms with Crippen molar-refractivity contribution in [3.63, 3.8) is 0 Å². The van der Waals surface area contributed by atoms with E-state index in [1.807, 2.05) is 0 Å². The summed E-state index contributed by atoms with van der Waals surface area (Å²) in [5, 5.41) is 9.56. The van der Waals surface area contributed by atoms with Gasteiger partial charge in [0.05, 0.1) is 0 Å². The Bertz CT molecular complexity index is 464. The molecular formula is C17H25NO2. The van der Waals surface area contributed by atoms with E-state index in [0.717, 1.165) is 32.4 Å². The first-order valence-corrected chi connectivity index (χ1v) is 7.48. The normalized spacial score (nSPS) is 22.6. The Balaban J connectivity index is 2.15. The molecule has 1 heterocycles. The van der Waals surface area contributed by atoms with Crippen LogP contribution in [-0.4, -0.2) is 28.6 Å². The number of hydrogen-bond acceptors (Lipinski definition) is 2. The van der Waals surface area contributed by atoms with Crippen LogP contribution in [0.1, 0.15) is 44.7 Å². The summed E-state index contributed by atoms with van der Waals surface area (Å²) in [6.07, 6.45) is 3.09. The Morgan fingerprint density at radius 2 is 1.90 bits per heavy atom. The van der Waals surface area contributed by atoms with E-state index >= 15 is 0 Å². The van der Waals surface area contributed by atoms with Crippen LogP contribution in [0.15, 0.2) is 24.3 Å². The van der Waals surface area contributed by atoms with Crippen LogP contribution in [0.3, 0.4) is 0 Å². The monoisotopic (exact) mass is 275 g/mol. The third-order valence-corrected chi connectivity index (χ3v) is 4.42. The predicted octanol–water partition coefficient (Wildman–Crippen LogP) is 3.32. The van der Waals surface area contributed by atoms with Crippen molar-refractivity contribution in [2.24, 2.45) is 5.41 Å². The third kappa shape index (κ3) is 3.21. The fourth-order valence-corrected chi connectivity index (χ4v) is 3.27. The van der Waals surface area contributed by atoms with Gasteiger partial charge in [0.15, 0.2) is 0 Å². The predicted molar refractivity (Wildman–Crippen MR) is 80.7 cm³/mol. The van der Waals surface area contributed by atoms with Gasteiger partial charge in [-0.25, -0.2) is 0 Å². The van der Waals surface area contributed by atoms with Gasteiger partial charge in [0.25, 0.3) is 0 Å². The van der Waals surface area contributed by atoms with Crippen LogP contribution in [-0.2, 0) is 17.8 Å². The van der Waals surface area contributed by atoms with Crippen molar-refractivity contribution in [1.29, 1.82) is 0 Å². The smallest absolute Gasteiger partial charge is 0.321 e. The molecule has 1 N–H and O–H groups in total. The third-order valence-electron chi connectivity index (χ3n) is 4.42. The van der Waals surface area contributed by atoms with Gasteiger partial charge in [-0.15, -0.1) is 0 Å². The molecule has 110 valence electrons. The van der Waals surface area contributed by atoms with E-state index in [9.17, 15) is 9.90 Å². The van der Waals surface area contributed by atoms with Crippen molar-refractivity contribution in [2.45, 2.75) is 52.6 Å². The summed E-state index contributed by atoms with van der Waals surface area (Å²) in [7, 11) is 0. The summed E-state index contributed by atoms with van der Waals surface area (Å²) >= 11 is 0. The fraction of sp³-hybridized carbons (Fsp3) is 0.588. The number of aryl methyl sites for hydroxylation is 1. The van der Waals surface area contributed by atoms with E-state index in [1.54, 1.807) is 0 Å². The van der Waals surface area contributed by atoms with Crippen LogP contribution in [0.25, 0.3) is 0 Å². The summed E-state index contributed by atoms with van der Waals surface area (Å²) < 4.78 is 0. The molecule has 0 aromatic heterocycles. The van der Waals surface area contributed by atoms with Gasteiger partial charge < -0.3 is 5.11 Å². The maximum atomic E-state index is 11.6. The number of benzene rings is 1. The fourth-order valence-electron chi connectivity index (χ4n) is 3.27. The Kier molecular flexibility index (Phi) is 4.48. The van der Waals surface area contributed by atoms with Crippen molar-refractivity contribution in [3.05, 3.63) is 35.4 Å². The lowest BCUT2D eigenvalue weighted by atomic mass is 9.76. The number of aliphatic carboxylic acids is 1. The first-order valence-electron chi connectivity index (χ1n) is 7.48.